The van der Waals surface area contributed by atoms with E-state index in [0.717, 1.165) is 13.2 Å². The maximum Gasteiger partial charge on any atom is 0.0701 e. The highest BCUT2D eigenvalue weighted by Crippen LogP contribution is 2.10. The highest BCUT2D eigenvalue weighted by molar-refractivity contribution is 14.1. The number of halogens is 1. The molecule has 0 unspecified atom stereocenters. The maximum absolute atomic E-state index is 5.63. The van der Waals surface area contributed by atoms with Gasteiger partial charge in [0.1, 0.15) is 0 Å². The van der Waals surface area contributed by atoms with Gasteiger partial charge in [0.05, 0.1) is 39.6 Å². The minimum Gasteiger partial charge on any atom is -0.379 e. The summed E-state index contributed by atoms with van der Waals surface area (Å²) in [6.07, 6.45) is 18.7. The van der Waals surface area contributed by atoms with Crippen LogP contribution in [0.5, 0.6) is 0 Å². The molecule has 0 heterocycles. The molecule has 0 bridgehead atoms. The third kappa shape index (κ3) is 28.6. The molecule has 0 saturated heterocycles. The molecular weight excluding hydrogens is 479 g/mol. The van der Waals surface area contributed by atoms with Gasteiger partial charge in [-0.15, -0.1) is 0 Å². The van der Waals surface area contributed by atoms with E-state index in [1.165, 1.54) is 94.3 Å². The van der Waals surface area contributed by atoms with E-state index in [0.29, 0.717) is 39.6 Å². The van der Waals surface area contributed by atoms with E-state index in [9.17, 15) is 0 Å². The molecule has 0 aliphatic heterocycles. The van der Waals surface area contributed by atoms with Crippen LogP contribution in [0.4, 0.5) is 0 Å². The highest BCUT2D eigenvalue weighted by Gasteiger charge is 1.95. The number of hydrogen-bond acceptors (Lipinski definition) is 4. The van der Waals surface area contributed by atoms with Crippen molar-refractivity contribution in [3.63, 3.8) is 0 Å². The third-order valence-electron chi connectivity index (χ3n) is 4.93. The minimum atomic E-state index is 0.636. The third-order valence-corrected chi connectivity index (χ3v) is 5.69. The average Bonchev–Trinajstić information content (AvgIpc) is 2.74. The number of alkyl halides is 1. The largest absolute Gasteiger partial charge is 0.379 e. The van der Waals surface area contributed by atoms with Crippen LogP contribution in [0, 0.1) is 0 Å². The van der Waals surface area contributed by atoms with E-state index in [1.807, 2.05) is 0 Å². The Labute approximate surface area is 195 Å². The van der Waals surface area contributed by atoms with Crippen molar-refractivity contribution in [3.8, 4) is 0 Å². The first-order valence-electron chi connectivity index (χ1n) is 12.3. The van der Waals surface area contributed by atoms with Crippen molar-refractivity contribution in [2.24, 2.45) is 0 Å². The normalized spacial score (nSPS) is 11.4. The molecule has 0 N–H and O–H groups in total. The first kappa shape index (κ1) is 29.6. The molecule has 29 heavy (non-hydrogen) atoms. The monoisotopic (exact) mass is 528 g/mol. The molecule has 0 aliphatic rings. The van der Waals surface area contributed by atoms with E-state index in [2.05, 4.69) is 29.5 Å². The Bertz CT molecular complexity index is 254. The predicted octanol–water partition coefficient (Wildman–Crippen LogP) is 6.97. The van der Waals surface area contributed by atoms with Crippen LogP contribution in [0.3, 0.4) is 0 Å². The second-order valence-corrected chi connectivity index (χ2v) is 8.81. The Kier molecular flexibility index (Phi) is 29.1. The SMILES string of the molecule is CCCCCCCCCCCCOCCOCCOCCOCCCCCCI. The molecular formula is C24H49IO4. The molecule has 0 rings (SSSR count). The fourth-order valence-electron chi connectivity index (χ4n) is 3.11. The van der Waals surface area contributed by atoms with Gasteiger partial charge in [-0.3, -0.25) is 0 Å². The summed E-state index contributed by atoms with van der Waals surface area (Å²) in [5, 5.41) is 0. The summed E-state index contributed by atoms with van der Waals surface area (Å²) in [6, 6.07) is 0. The van der Waals surface area contributed by atoms with Crippen molar-refractivity contribution in [3.05, 3.63) is 0 Å². The van der Waals surface area contributed by atoms with Crippen molar-refractivity contribution >= 4 is 22.6 Å². The summed E-state index contributed by atoms with van der Waals surface area (Å²) >= 11 is 2.43. The van der Waals surface area contributed by atoms with Crippen LogP contribution >= 0.6 is 22.6 Å². The van der Waals surface area contributed by atoms with E-state index in [4.69, 9.17) is 18.9 Å². The lowest BCUT2D eigenvalue weighted by Gasteiger charge is -2.07. The zero-order valence-electron chi connectivity index (χ0n) is 19.3. The summed E-state index contributed by atoms with van der Waals surface area (Å²) in [7, 11) is 0. The van der Waals surface area contributed by atoms with Gasteiger partial charge in [-0.25, -0.2) is 0 Å². The summed E-state index contributed by atoms with van der Waals surface area (Å²) in [6.45, 7) is 7.98. The molecule has 0 aromatic carbocycles. The van der Waals surface area contributed by atoms with Crippen molar-refractivity contribution in [2.75, 3.05) is 57.3 Å². The quantitative estimate of drug-likeness (QED) is 0.0691. The summed E-state index contributed by atoms with van der Waals surface area (Å²) in [4.78, 5) is 0. The van der Waals surface area contributed by atoms with Gasteiger partial charge < -0.3 is 18.9 Å². The number of hydrogen-bond donors (Lipinski definition) is 0. The van der Waals surface area contributed by atoms with Gasteiger partial charge >= 0.3 is 0 Å². The molecule has 0 radical (unpaired) electrons. The molecule has 0 atom stereocenters. The second-order valence-electron chi connectivity index (χ2n) is 7.73. The van der Waals surface area contributed by atoms with Gasteiger partial charge in [0.2, 0.25) is 0 Å². The zero-order chi connectivity index (χ0) is 21.1. The summed E-state index contributed by atoms with van der Waals surface area (Å²) in [5.74, 6) is 0. The van der Waals surface area contributed by atoms with Crippen molar-refractivity contribution in [1.82, 2.24) is 0 Å². The van der Waals surface area contributed by atoms with E-state index in [-0.39, 0.29) is 0 Å². The summed E-state index contributed by atoms with van der Waals surface area (Å²) in [5.41, 5.74) is 0. The Balaban J connectivity index is 2.97. The fraction of sp³-hybridized carbons (Fsp3) is 1.00. The van der Waals surface area contributed by atoms with Crippen LogP contribution in [-0.4, -0.2) is 57.3 Å². The van der Waals surface area contributed by atoms with Gasteiger partial charge in [0.15, 0.2) is 0 Å². The van der Waals surface area contributed by atoms with Crippen molar-refractivity contribution in [1.29, 1.82) is 0 Å². The lowest BCUT2D eigenvalue weighted by atomic mass is 10.1. The van der Waals surface area contributed by atoms with Crippen LogP contribution in [0.1, 0.15) is 96.8 Å². The minimum absolute atomic E-state index is 0.636. The zero-order valence-corrected chi connectivity index (χ0v) is 21.4. The molecule has 0 aromatic rings. The van der Waals surface area contributed by atoms with Crippen LogP contribution in [0.15, 0.2) is 0 Å². The van der Waals surface area contributed by atoms with Gasteiger partial charge in [0.25, 0.3) is 0 Å². The average molecular weight is 529 g/mol. The predicted molar refractivity (Wildman–Crippen MR) is 132 cm³/mol. The lowest BCUT2D eigenvalue weighted by molar-refractivity contribution is -0.00248. The molecule has 176 valence electrons. The molecule has 0 aromatic heterocycles. The maximum atomic E-state index is 5.63. The molecule has 0 amide bonds. The molecule has 0 saturated carbocycles. The van der Waals surface area contributed by atoms with Crippen molar-refractivity contribution < 1.29 is 18.9 Å². The topological polar surface area (TPSA) is 36.9 Å². The van der Waals surface area contributed by atoms with Gasteiger partial charge in [-0.05, 0) is 23.7 Å². The number of unbranched alkanes of at least 4 members (excludes halogenated alkanes) is 12. The lowest BCUT2D eigenvalue weighted by Crippen LogP contribution is -2.12. The van der Waals surface area contributed by atoms with E-state index in [1.54, 1.807) is 0 Å². The first-order chi connectivity index (χ1) is 14.4. The molecule has 0 aliphatic carbocycles. The Morgan fingerprint density at radius 1 is 0.379 bits per heavy atom. The van der Waals surface area contributed by atoms with Crippen LogP contribution in [0.2, 0.25) is 0 Å². The van der Waals surface area contributed by atoms with Crippen LogP contribution in [0.25, 0.3) is 0 Å². The van der Waals surface area contributed by atoms with Gasteiger partial charge in [-0.2, -0.15) is 0 Å². The Morgan fingerprint density at radius 2 is 0.690 bits per heavy atom. The second kappa shape index (κ2) is 28.6. The standard InChI is InChI=1S/C24H49IO4/c1-2-3-4-5-6-7-8-9-11-14-17-26-19-21-28-23-24-29-22-20-27-18-15-12-10-13-16-25/h2-24H2,1H3. The van der Waals surface area contributed by atoms with E-state index >= 15 is 0 Å². The van der Waals surface area contributed by atoms with Crippen LogP contribution in [-0.2, 0) is 18.9 Å². The highest BCUT2D eigenvalue weighted by atomic mass is 127. The smallest absolute Gasteiger partial charge is 0.0701 e. The summed E-state index contributed by atoms with van der Waals surface area (Å²) < 4.78 is 23.5. The first-order valence-corrected chi connectivity index (χ1v) is 13.8. The molecule has 5 heteroatoms. The molecule has 0 fully saturated rings. The Morgan fingerprint density at radius 3 is 1.07 bits per heavy atom. The fourth-order valence-corrected chi connectivity index (χ4v) is 3.64. The molecule has 0 spiro atoms. The number of ether oxygens (including phenoxy) is 4. The van der Waals surface area contributed by atoms with Crippen LogP contribution < -0.4 is 0 Å². The molecule has 4 nitrogen and oxygen atoms in total. The van der Waals surface area contributed by atoms with Crippen molar-refractivity contribution in [2.45, 2.75) is 96.8 Å². The van der Waals surface area contributed by atoms with Gasteiger partial charge in [0, 0.05) is 13.2 Å². The Hall–Kier alpha value is 0.570. The van der Waals surface area contributed by atoms with Gasteiger partial charge in [-0.1, -0.05) is 100 Å². The number of rotatable bonds is 26. The van der Waals surface area contributed by atoms with E-state index < -0.39 is 0 Å².